The molecule has 1 aliphatic rings. The molecule has 25 heavy (non-hydrogen) atoms. The average Bonchev–Trinajstić information content (AvgIpc) is 2.55. The van der Waals surface area contributed by atoms with Crippen molar-refractivity contribution in [2.45, 2.75) is 6.92 Å². The zero-order chi connectivity index (χ0) is 18.0. The standard InChI is InChI=1S/C17H24ClN7/c1-12-19-16(22-17(20-12)23(2)3)21-13-5-6-15(14(18)11-13)25-9-7-24(4)8-10-25/h5-6,11H,7-10H2,1-4H3,(H,19,20,21,22). The summed E-state index contributed by atoms with van der Waals surface area (Å²) in [4.78, 5) is 19.6. The number of piperazine rings is 1. The molecule has 0 spiro atoms. The van der Waals surface area contributed by atoms with Crippen LogP contribution in [0.5, 0.6) is 0 Å². The second-order valence-electron chi connectivity index (χ2n) is 6.48. The van der Waals surface area contributed by atoms with Crippen molar-refractivity contribution in [3.05, 3.63) is 29.0 Å². The van der Waals surface area contributed by atoms with Crippen molar-refractivity contribution in [3.63, 3.8) is 0 Å². The number of rotatable bonds is 4. The molecule has 7 nitrogen and oxygen atoms in total. The Labute approximate surface area is 153 Å². The first-order valence-electron chi connectivity index (χ1n) is 8.32. The number of aryl methyl sites for hydroxylation is 1. The Hall–Kier alpha value is -2.12. The first kappa shape index (κ1) is 17.7. The van der Waals surface area contributed by atoms with E-state index in [4.69, 9.17) is 11.6 Å². The molecule has 1 saturated heterocycles. The number of nitrogens with one attached hydrogen (secondary N) is 1. The molecule has 1 fully saturated rings. The summed E-state index contributed by atoms with van der Waals surface area (Å²) in [6, 6.07) is 5.98. The third kappa shape index (κ3) is 4.29. The minimum Gasteiger partial charge on any atom is -0.368 e. The van der Waals surface area contributed by atoms with Gasteiger partial charge in [0.1, 0.15) is 5.82 Å². The zero-order valence-corrected chi connectivity index (χ0v) is 15.9. The van der Waals surface area contributed by atoms with Crippen molar-refractivity contribution in [3.8, 4) is 0 Å². The smallest absolute Gasteiger partial charge is 0.232 e. The van der Waals surface area contributed by atoms with Crippen LogP contribution >= 0.6 is 11.6 Å². The highest BCUT2D eigenvalue weighted by Gasteiger charge is 2.17. The molecule has 2 aromatic rings. The van der Waals surface area contributed by atoms with Gasteiger partial charge in [-0.3, -0.25) is 0 Å². The van der Waals surface area contributed by atoms with Gasteiger partial charge in [0.2, 0.25) is 11.9 Å². The van der Waals surface area contributed by atoms with Crippen LogP contribution in [0.15, 0.2) is 18.2 Å². The van der Waals surface area contributed by atoms with Crippen LogP contribution in [0.3, 0.4) is 0 Å². The fourth-order valence-corrected chi connectivity index (χ4v) is 3.04. The molecule has 8 heteroatoms. The van der Waals surface area contributed by atoms with E-state index in [0.717, 1.165) is 42.6 Å². The number of aromatic nitrogens is 3. The molecule has 0 unspecified atom stereocenters. The van der Waals surface area contributed by atoms with Crippen LogP contribution in [-0.4, -0.2) is 67.2 Å². The summed E-state index contributed by atoms with van der Waals surface area (Å²) in [6.07, 6.45) is 0. The fourth-order valence-electron chi connectivity index (χ4n) is 2.74. The number of nitrogens with zero attached hydrogens (tertiary/aromatic N) is 6. The molecule has 0 atom stereocenters. The molecule has 2 heterocycles. The number of hydrogen-bond acceptors (Lipinski definition) is 7. The minimum absolute atomic E-state index is 0.514. The van der Waals surface area contributed by atoms with Gasteiger partial charge in [-0.15, -0.1) is 0 Å². The quantitative estimate of drug-likeness (QED) is 0.897. The van der Waals surface area contributed by atoms with Crippen LogP contribution in [0, 0.1) is 6.92 Å². The lowest BCUT2D eigenvalue weighted by Crippen LogP contribution is -2.44. The highest BCUT2D eigenvalue weighted by Crippen LogP contribution is 2.30. The van der Waals surface area contributed by atoms with Gasteiger partial charge >= 0.3 is 0 Å². The van der Waals surface area contributed by atoms with E-state index in [1.165, 1.54) is 0 Å². The molecule has 1 aromatic heterocycles. The molecule has 1 aliphatic heterocycles. The number of benzene rings is 1. The summed E-state index contributed by atoms with van der Waals surface area (Å²) >= 11 is 6.52. The number of hydrogen-bond donors (Lipinski definition) is 1. The molecule has 0 bridgehead atoms. The van der Waals surface area contributed by atoms with Gasteiger partial charge in [0.25, 0.3) is 0 Å². The van der Waals surface area contributed by atoms with E-state index in [-0.39, 0.29) is 0 Å². The summed E-state index contributed by atoms with van der Waals surface area (Å²) < 4.78 is 0. The summed E-state index contributed by atoms with van der Waals surface area (Å²) in [5, 5.41) is 3.95. The SMILES string of the molecule is Cc1nc(Nc2ccc(N3CCN(C)CC3)c(Cl)c2)nc(N(C)C)n1. The van der Waals surface area contributed by atoms with Gasteiger partial charge in [0.15, 0.2) is 0 Å². The zero-order valence-electron chi connectivity index (χ0n) is 15.1. The van der Waals surface area contributed by atoms with Crippen molar-refractivity contribution in [2.75, 3.05) is 62.4 Å². The lowest BCUT2D eigenvalue weighted by atomic mass is 10.2. The van der Waals surface area contributed by atoms with Crippen LogP contribution < -0.4 is 15.1 Å². The van der Waals surface area contributed by atoms with Crippen LogP contribution in [0.25, 0.3) is 0 Å². The van der Waals surface area contributed by atoms with Gasteiger partial charge in [-0.2, -0.15) is 15.0 Å². The van der Waals surface area contributed by atoms with Gasteiger partial charge in [-0.05, 0) is 32.2 Å². The normalized spacial score (nSPS) is 15.3. The van der Waals surface area contributed by atoms with Crippen LogP contribution in [0.2, 0.25) is 5.02 Å². The van der Waals surface area contributed by atoms with E-state index >= 15 is 0 Å². The minimum atomic E-state index is 0.514. The highest BCUT2D eigenvalue weighted by atomic mass is 35.5. The van der Waals surface area contributed by atoms with E-state index in [2.05, 4.69) is 43.2 Å². The first-order valence-corrected chi connectivity index (χ1v) is 8.70. The maximum atomic E-state index is 6.52. The van der Waals surface area contributed by atoms with E-state index < -0.39 is 0 Å². The Bertz CT molecular complexity index is 742. The molecule has 0 radical (unpaired) electrons. The number of halogens is 1. The number of likely N-dealkylation sites (N-methyl/N-ethyl adjacent to an activating group) is 1. The Morgan fingerprint density at radius 3 is 2.44 bits per heavy atom. The highest BCUT2D eigenvalue weighted by molar-refractivity contribution is 6.33. The second-order valence-corrected chi connectivity index (χ2v) is 6.89. The van der Waals surface area contributed by atoms with Crippen molar-refractivity contribution in [1.82, 2.24) is 19.9 Å². The Morgan fingerprint density at radius 1 is 1.08 bits per heavy atom. The average molecular weight is 362 g/mol. The van der Waals surface area contributed by atoms with Gasteiger partial charge < -0.3 is 20.0 Å². The Morgan fingerprint density at radius 2 is 1.80 bits per heavy atom. The molecule has 134 valence electrons. The lowest BCUT2D eigenvalue weighted by Gasteiger charge is -2.34. The van der Waals surface area contributed by atoms with Gasteiger partial charge in [-0.25, -0.2) is 0 Å². The van der Waals surface area contributed by atoms with Gasteiger partial charge in [-0.1, -0.05) is 11.6 Å². The third-order valence-electron chi connectivity index (χ3n) is 4.18. The Kier molecular flexibility index (Phi) is 5.24. The molecule has 1 aromatic carbocycles. The molecule has 1 N–H and O–H groups in total. The maximum absolute atomic E-state index is 6.52. The first-order chi connectivity index (χ1) is 11.9. The van der Waals surface area contributed by atoms with Crippen LogP contribution in [0.1, 0.15) is 5.82 Å². The molecular formula is C17H24ClN7. The molecular weight excluding hydrogens is 338 g/mol. The van der Waals surface area contributed by atoms with E-state index in [1.54, 1.807) is 0 Å². The monoisotopic (exact) mass is 361 g/mol. The topological polar surface area (TPSA) is 60.4 Å². The molecule has 3 rings (SSSR count). The van der Waals surface area contributed by atoms with E-state index in [1.807, 2.05) is 38.1 Å². The van der Waals surface area contributed by atoms with E-state index in [0.29, 0.717) is 17.7 Å². The molecule has 0 amide bonds. The lowest BCUT2D eigenvalue weighted by molar-refractivity contribution is 0.313. The third-order valence-corrected chi connectivity index (χ3v) is 4.49. The van der Waals surface area contributed by atoms with Crippen LogP contribution in [-0.2, 0) is 0 Å². The predicted molar refractivity (Wildman–Crippen MR) is 103 cm³/mol. The summed E-state index contributed by atoms with van der Waals surface area (Å²) in [6.45, 7) is 5.93. The summed E-state index contributed by atoms with van der Waals surface area (Å²) in [7, 11) is 5.95. The molecule has 0 aliphatic carbocycles. The Balaban J connectivity index is 1.77. The fraction of sp³-hybridized carbons (Fsp3) is 0.471. The summed E-state index contributed by atoms with van der Waals surface area (Å²) in [5.41, 5.74) is 1.93. The van der Waals surface area contributed by atoms with Crippen LogP contribution in [0.4, 0.5) is 23.3 Å². The predicted octanol–water partition coefficient (Wildman–Crippen LogP) is 2.39. The van der Waals surface area contributed by atoms with E-state index in [9.17, 15) is 0 Å². The molecule has 0 saturated carbocycles. The van der Waals surface area contributed by atoms with Gasteiger partial charge in [0.05, 0.1) is 10.7 Å². The van der Waals surface area contributed by atoms with Crippen molar-refractivity contribution in [1.29, 1.82) is 0 Å². The van der Waals surface area contributed by atoms with Gasteiger partial charge in [0, 0.05) is 46.0 Å². The largest absolute Gasteiger partial charge is 0.368 e. The summed E-state index contributed by atoms with van der Waals surface area (Å²) in [5.74, 6) is 1.80. The second kappa shape index (κ2) is 7.41. The van der Waals surface area contributed by atoms with Crippen molar-refractivity contribution < 1.29 is 0 Å². The van der Waals surface area contributed by atoms with Crippen molar-refractivity contribution >= 4 is 34.9 Å². The number of anilines is 4. The maximum Gasteiger partial charge on any atom is 0.232 e. The van der Waals surface area contributed by atoms with Crippen molar-refractivity contribution in [2.24, 2.45) is 0 Å².